The summed E-state index contributed by atoms with van der Waals surface area (Å²) in [5.41, 5.74) is -0.323. The quantitative estimate of drug-likeness (QED) is 0.677. The second-order valence-corrected chi connectivity index (χ2v) is 9.90. The Morgan fingerprint density at radius 2 is 1.93 bits per heavy atom. The van der Waals surface area contributed by atoms with Crippen LogP contribution in [0.4, 0.5) is 4.79 Å². The van der Waals surface area contributed by atoms with Gasteiger partial charge in [-0.15, -0.1) is 0 Å². The van der Waals surface area contributed by atoms with E-state index in [0.29, 0.717) is 45.8 Å². The molecule has 2 atom stereocenters. The molecule has 0 aromatic heterocycles. The summed E-state index contributed by atoms with van der Waals surface area (Å²) in [6.45, 7) is 14.4. The minimum atomic E-state index is -0.881. The molecule has 2 saturated heterocycles. The number of carbonyl (C=O) groups is 2. The Bertz CT molecular complexity index is 626. The van der Waals surface area contributed by atoms with Gasteiger partial charge in [0.15, 0.2) is 6.10 Å². The Kier molecular flexibility index (Phi) is 8.51. The Balaban J connectivity index is 2.23. The van der Waals surface area contributed by atoms with Crippen LogP contribution < -0.4 is 5.32 Å². The molecular formula is C22H38N4O4. The van der Waals surface area contributed by atoms with Crippen LogP contribution in [0.25, 0.3) is 0 Å². The van der Waals surface area contributed by atoms with Gasteiger partial charge in [0.2, 0.25) is 0 Å². The highest BCUT2D eigenvalue weighted by Crippen LogP contribution is 2.42. The van der Waals surface area contributed by atoms with E-state index in [9.17, 15) is 9.59 Å². The van der Waals surface area contributed by atoms with Crippen LogP contribution in [0.5, 0.6) is 0 Å². The molecule has 2 heterocycles. The first kappa shape index (κ1) is 24.4. The molecule has 0 radical (unpaired) electrons. The summed E-state index contributed by atoms with van der Waals surface area (Å²) in [6, 6.07) is 2.16. The summed E-state index contributed by atoms with van der Waals surface area (Å²) in [6.07, 6.45) is 0.174. The summed E-state index contributed by atoms with van der Waals surface area (Å²) in [7, 11) is 0. The van der Waals surface area contributed by atoms with E-state index in [4.69, 9.17) is 14.7 Å². The molecule has 2 amide bonds. The highest BCUT2D eigenvalue weighted by molar-refractivity contribution is 5.84. The van der Waals surface area contributed by atoms with Crippen molar-refractivity contribution >= 4 is 12.0 Å². The highest BCUT2D eigenvalue weighted by atomic mass is 16.6. The molecule has 0 spiro atoms. The van der Waals surface area contributed by atoms with E-state index < -0.39 is 12.2 Å². The topological polar surface area (TPSA) is 94.9 Å². The van der Waals surface area contributed by atoms with Crippen molar-refractivity contribution < 1.29 is 19.1 Å². The van der Waals surface area contributed by atoms with Crippen LogP contribution in [0.1, 0.15) is 53.9 Å². The van der Waals surface area contributed by atoms with Crippen molar-refractivity contribution in [3.05, 3.63) is 0 Å². The molecule has 0 aromatic carbocycles. The molecule has 2 unspecified atom stereocenters. The zero-order valence-electron chi connectivity index (χ0n) is 19.2. The number of rotatable bonds is 7. The summed E-state index contributed by atoms with van der Waals surface area (Å²) < 4.78 is 11.2. The van der Waals surface area contributed by atoms with Gasteiger partial charge in [0, 0.05) is 32.2 Å². The molecule has 30 heavy (non-hydrogen) atoms. The van der Waals surface area contributed by atoms with Gasteiger partial charge >= 0.3 is 6.09 Å². The lowest BCUT2D eigenvalue weighted by Crippen LogP contribution is -2.51. The predicted molar refractivity (Wildman–Crippen MR) is 114 cm³/mol. The maximum atomic E-state index is 13.6. The predicted octanol–water partition coefficient (Wildman–Crippen LogP) is 2.39. The fraction of sp³-hybridized carbons (Fsp3) is 0.864. The maximum absolute atomic E-state index is 13.6. The summed E-state index contributed by atoms with van der Waals surface area (Å²) in [5.74, 6) is -0.196. The van der Waals surface area contributed by atoms with Crippen LogP contribution in [0.2, 0.25) is 0 Å². The summed E-state index contributed by atoms with van der Waals surface area (Å²) in [5, 5.41) is 12.4. The molecular weight excluding hydrogens is 384 g/mol. The van der Waals surface area contributed by atoms with Gasteiger partial charge in [-0.25, -0.2) is 4.79 Å². The summed E-state index contributed by atoms with van der Waals surface area (Å²) in [4.78, 5) is 29.8. The smallest absolute Gasteiger partial charge is 0.410 e. The van der Waals surface area contributed by atoms with Gasteiger partial charge < -0.3 is 24.6 Å². The average Bonchev–Trinajstić information content (AvgIpc) is 3.21. The lowest BCUT2D eigenvalue weighted by atomic mass is 9.66. The fourth-order valence-electron chi connectivity index (χ4n) is 3.62. The average molecular weight is 423 g/mol. The number of morpholine rings is 1. The number of hydrogen-bond acceptors (Lipinski definition) is 6. The number of nitrogens with zero attached hydrogens (tertiary/aromatic N) is 3. The normalized spacial score (nSPS) is 21.1. The lowest BCUT2D eigenvalue weighted by Gasteiger charge is -2.42. The van der Waals surface area contributed by atoms with Gasteiger partial charge in [-0.1, -0.05) is 34.6 Å². The molecule has 0 aromatic rings. The van der Waals surface area contributed by atoms with Crippen molar-refractivity contribution in [3.8, 4) is 6.07 Å². The van der Waals surface area contributed by atoms with Crippen LogP contribution in [0.15, 0.2) is 0 Å². The Labute approximate surface area is 180 Å². The van der Waals surface area contributed by atoms with Gasteiger partial charge in [0.05, 0.1) is 25.7 Å². The Morgan fingerprint density at radius 1 is 1.27 bits per heavy atom. The second kappa shape index (κ2) is 10.5. The van der Waals surface area contributed by atoms with Crippen molar-refractivity contribution in [1.29, 1.82) is 5.26 Å². The van der Waals surface area contributed by atoms with E-state index >= 15 is 0 Å². The van der Waals surface area contributed by atoms with E-state index in [1.54, 1.807) is 9.80 Å². The number of amides is 2. The largest absolute Gasteiger partial charge is 0.436 e. The fourth-order valence-corrected chi connectivity index (χ4v) is 3.62. The van der Waals surface area contributed by atoms with Crippen molar-refractivity contribution in [3.63, 3.8) is 0 Å². The molecule has 0 saturated carbocycles. The molecule has 0 bridgehead atoms. The number of ether oxygens (including phenoxy) is 2. The number of hydrogen-bond donors (Lipinski definition) is 1. The number of nitriles is 1. The van der Waals surface area contributed by atoms with Crippen LogP contribution in [0, 0.1) is 22.2 Å². The highest BCUT2D eigenvalue weighted by Gasteiger charge is 2.42. The first-order valence-electron chi connectivity index (χ1n) is 11.0. The first-order valence-corrected chi connectivity index (χ1v) is 11.0. The minimum absolute atomic E-state index is 0.0215. The molecule has 170 valence electrons. The zero-order chi connectivity index (χ0) is 22.4. The van der Waals surface area contributed by atoms with Gasteiger partial charge in [0.1, 0.15) is 0 Å². The van der Waals surface area contributed by atoms with E-state index in [1.165, 1.54) is 0 Å². The molecule has 8 heteroatoms. The Hall–Kier alpha value is -1.85. The van der Waals surface area contributed by atoms with Gasteiger partial charge in [-0.3, -0.25) is 4.79 Å². The van der Waals surface area contributed by atoms with Crippen LogP contribution in [-0.2, 0) is 14.3 Å². The zero-order valence-corrected chi connectivity index (χ0v) is 19.2. The van der Waals surface area contributed by atoms with Crippen LogP contribution >= 0.6 is 0 Å². The molecule has 2 fully saturated rings. The third kappa shape index (κ3) is 6.32. The lowest BCUT2D eigenvalue weighted by molar-refractivity contribution is -0.146. The third-order valence-corrected chi connectivity index (χ3v) is 6.74. The van der Waals surface area contributed by atoms with Crippen molar-refractivity contribution in [2.24, 2.45) is 10.8 Å². The van der Waals surface area contributed by atoms with E-state index in [-0.39, 0.29) is 29.2 Å². The third-order valence-electron chi connectivity index (χ3n) is 6.74. The second-order valence-electron chi connectivity index (χ2n) is 9.90. The maximum Gasteiger partial charge on any atom is 0.410 e. The standard InChI is InChI=1S/C22H38N4O4/c1-21(2,3)22(4,5)15-18(30-20(28)25-11-13-29-14-12-25)19(27)26(10-6-8-23)17-7-9-24-16-17/h17-18,24H,6-7,9-16H2,1-5H3. The number of carbonyl (C=O) groups excluding carboxylic acids is 2. The van der Waals surface area contributed by atoms with Gasteiger partial charge in [-0.2, -0.15) is 5.26 Å². The van der Waals surface area contributed by atoms with Gasteiger partial charge in [0.25, 0.3) is 5.91 Å². The van der Waals surface area contributed by atoms with Crippen molar-refractivity contribution in [2.45, 2.75) is 66.0 Å². The van der Waals surface area contributed by atoms with E-state index in [2.05, 4.69) is 46.0 Å². The number of nitrogens with one attached hydrogen (secondary N) is 1. The molecule has 2 aliphatic heterocycles. The SMILES string of the molecule is CC(C)(C)C(C)(C)CC(OC(=O)N1CCOCC1)C(=O)N(CCC#N)C1CCNC1. The monoisotopic (exact) mass is 422 g/mol. The molecule has 2 aliphatic rings. The minimum Gasteiger partial charge on any atom is -0.436 e. The Morgan fingerprint density at radius 3 is 2.47 bits per heavy atom. The molecule has 2 rings (SSSR count). The van der Waals surface area contributed by atoms with Crippen molar-refractivity contribution in [1.82, 2.24) is 15.1 Å². The molecule has 0 aliphatic carbocycles. The van der Waals surface area contributed by atoms with Crippen LogP contribution in [0.3, 0.4) is 0 Å². The molecule has 8 nitrogen and oxygen atoms in total. The van der Waals surface area contributed by atoms with Gasteiger partial charge in [-0.05, 0) is 30.2 Å². The van der Waals surface area contributed by atoms with Crippen molar-refractivity contribution in [2.75, 3.05) is 45.9 Å². The van der Waals surface area contributed by atoms with E-state index in [1.807, 2.05) is 0 Å². The van der Waals surface area contributed by atoms with E-state index in [0.717, 1.165) is 13.0 Å². The molecule has 1 N–H and O–H groups in total. The summed E-state index contributed by atoms with van der Waals surface area (Å²) >= 11 is 0. The van der Waals surface area contributed by atoms with Crippen LogP contribution in [-0.4, -0.2) is 79.9 Å². The first-order chi connectivity index (χ1) is 14.1.